The number of esters is 1. The average Bonchev–Trinajstić information content (AvgIpc) is 3.62. The molecule has 0 saturated heterocycles. The van der Waals surface area contributed by atoms with Crippen LogP contribution in [0.4, 0.5) is 5.69 Å². The van der Waals surface area contributed by atoms with Crippen molar-refractivity contribution in [2.45, 2.75) is 50.4 Å². The van der Waals surface area contributed by atoms with E-state index in [0.29, 0.717) is 12.2 Å². The number of anilines is 1. The lowest BCUT2D eigenvalue weighted by Crippen LogP contribution is -2.46. The van der Waals surface area contributed by atoms with Crippen molar-refractivity contribution in [2.24, 2.45) is 5.92 Å². The Bertz CT molecular complexity index is 1570. The van der Waals surface area contributed by atoms with Gasteiger partial charge >= 0.3 is 5.97 Å². The number of amides is 2. The number of halogens is 1. The molecule has 214 valence electrons. The number of hydrogen-bond donors (Lipinski definition) is 4. The molecule has 12 heteroatoms. The quantitative estimate of drug-likeness (QED) is 0.314. The van der Waals surface area contributed by atoms with E-state index in [1.165, 1.54) is 7.11 Å². The fraction of sp³-hybridized carbons (Fsp3) is 0.379. The number of aliphatic hydroxyl groups excluding tert-OH is 1. The van der Waals surface area contributed by atoms with E-state index < -0.39 is 42.2 Å². The number of para-hydroxylation sites is 1. The number of ether oxygens (including phenoxy) is 2. The summed E-state index contributed by atoms with van der Waals surface area (Å²) in [4.78, 5) is 43.8. The summed E-state index contributed by atoms with van der Waals surface area (Å²) >= 11 is 3.64. The summed E-state index contributed by atoms with van der Waals surface area (Å²) in [5, 5.41) is 18.8. The molecule has 0 saturated carbocycles. The molecule has 3 aliphatic rings. The number of nitrogens with one attached hydrogen (secondary N) is 3. The Kier molecular flexibility index (Phi) is 6.77. The van der Waals surface area contributed by atoms with Crippen molar-refractivity contribution in [2.75, 3.05) is 19.0 Å². The minimum atomic E-state index is -1.32. The molecule has 4 atom stereocenters. The van der Waals surface area contributed by atoms with Gasteiger partial charge in [-0.3, -0.25) is 9.59 Å². The van der Waals surface area contributed by atoms with Crippen LogP contribution in [0, 0.1) is 5.92 Å². The number of nitrogens with zero attached hydrogens (tertiary/aromatic N) is 1. The number of carbonyl (C=O) groups excluding carboxylic acids is 3. The van der Waals surface area contributed by atoms with Gasteiger partial charge in [-0.25, -0.2) is 9.78 Å². The highest BCUT2D eigenvalue weighted by atomic mass is 79.9. The van der Waals surface area contributed by atoms with Gasteiger partial charge in [-0.15, -0.1) is 0 Å². The molecule has 4 bridgehead atoms. The van der Waals surface area contributed by atoms with E-state index in [2.05, 4.69) is 36.9 Å². The maximum Gasteiger partial charge on any atom is 0.330 e. The third-order valence-corrected chi connectivity index (χ3v) is 8.56. The van der Waals surface area contributed by atoms with E-state index in [1.807, 2.05) is 50.2 Å². The van der Waals surface area contributed by atoms with Crippen LogP contribution in [-0.4, -0.2) is 53.9 Å². The number of aliphatic hydroxyl groups is 1. The number of carbonyl (C=O) groups is 3. The van der Waals surface area contributed by atoms with E-state index >= 15 is 0 Å². The van der Waals surface area contributed by atoms with Gasteiger partial charge in [0, 0.05) is 22.0 Å². The van der Waals surface area contributed by atoms with Crippen LogP contribution in [0.25, 0.3) is 0 Å². The van der Waals surface area contributed by atoms with Crippen LogP contribution in [0.1, 0.15) is 65.1 Å². The maximum absolute atomic E-state index is 13.9. The van der Waals surface area contributed by atoms with Crippen molar-refractivity contribution in [3.8, 4) is 5.75 Å². The Morgan fingerprint density at radius 3 is 2.76 bits per heavy atom. The first-order valence-electron chi connectivity index (χ1n) is 13.3. The zero-order valence-corrected chi connectivity index (χ0v) is 24.2. The van der Waals surface area contributed by atoms with Gasteiger partial charge in [0.05, 0.1) is 19.4 Å². The molecule has 0 radical (unpaired) electrons. The molecule has 2 amide bonds. The zero-order valence-electron chi connectivity index (χ0n) is 22.6. The lowest BCUT2D eigenvalue weighted by molar-refractivity contribution is -0.143. The van der Waals surface area contributed by atoms with Crippen LogP contribution in [0.3, 0.4) is 0 Å². The molecule has 4 N–H and O–H groups in total. The third-order valence-electron chi connectivity index (χ3n) is 7.90. The van der Waals surface area contributed by atoms with E-state index in [0.717, 1.165) is 26.9 Å². The third kappa shape index (κ3) is 4.19. The van der Waals surface area contributed by atoms with Gasteiger partial charge < -0.3 is 34.9 Å². The number of hydrogen-bond acceptors (Lipinski definition) is 9. The molecule has 1 spiro atoms. The Morgan fingerprint density at radius 1 is 1.22 bits per heavy atom. The molecule has 4 heterocycles. The number of aryl methyl sites for hydroxylation is 1. The van der Waals surface area contributed by atoms with E-state index in [9.17, 15) is 19.5 Å². The van der Waals surface area contributed by atoms with Gasteiger partial charge in [-0.2, -0.15) is 0 Å². The van der Waals surface area contributed by atoms with E-state index in [-0.39, 0.29) is 35.6 Å². The first kappa shape index (κ1) is 27.3. The predicted molar refractivity (Wildman–Crippen MR) is 149 cm³/mol. The minimum Gasteiger partial charge on any atom is -0.469 e. The fourth-order valence-electron chi connectivity index (χ4n) is 5.87. The first-order chi connectivity index (χ1) is 19.7. The largest absolute Gasteiger partial charge is 0.469 e. The smallest absolute Gasteiger partial charge is 0.330 e. The van der Waals surface area contributed by atoms with Crippen LogP contribution >= 0.6 is 15.9 Å². The minimum absolute atomic E-state index is 0.0945. The van der Waals surface area contributed by atoms with Gasteiger partial charge in [-0.05, 0) is 46.0 Å². The van der Waals surface area contributed by atoms with Crippen LogP contribution in [0.15, 0.2) is 45.3 Å². The average molecular weight is 625 g/mol. The van der Waals surface area contributed by atoms with Gasteiger partial charge in [0.2, 0.25) is 11.8 Å². The van der Waals surface area contributed by atoms with Crippen molar-refractivity contribution in [3.05, 3.63) is 74.9 Å². The summed E-state index contributed by atoms with van der Waals surface area (Å²) < 4.78 is 18.6. The topological polar surface area (TPSA) is 152 Å². The molecule has 4 unspecified atom stereocenters. The molecule has 0 fully saturated rings. The van der Waals surface area contributed by atoms with Gasteiger partial charge in [-0.1, -0.05) is 38.1 Å². The van der Waals surface area contributed by atoms with Gasteiger partial charge in [0.15, 0.2) is 23.7 Å². The molecule has 3 aliphatic heterocycles. The Morgan fingerprint density at radius 2 is 2.02 bits per heavy atom. The standard InChI is InChI=1S/C29H29BrN4O7/c1-13(2)21-26-33-23(25(37)31-18(12-35)27(38)39-3)24(41-26)29-15-5-4-6-17(30)22(15)34-28(29)40-19-9-7-14(11-16(19)29)8-10-20(36)32-21/h4-7,9,11,13,18,21,28,34-35H,8,10,12H2,1-3H3,(H,31,37)(H,32,36). The van der Waals surface area contributed by atoms with Crippen molar-refractivity contribution in [1.82, 2.24) is 15.6 Å². The second-order valence-corrected chi connectivity index (χ2v) is 11.5. The van der Waals surface area contributed by atoms with Crippen molar-refractivity contribution >= 4 is 39.4 Å². The predicted octanol–water partition coefficient (Wildman–Crippen LogP) is 2.94. The number of methoxy groups -OCH3 is 1. The molecule has 41 heavy (non-hydrogen) atoms. The lowest BCUT2D eigenvalue weighted by atomic mass is 9.72. The van der Waals surface area contributed by atoms with Crippen molar-refractivity contribution in [1.29, 1.82) is 0 Å². The Balaban J connectivity index is 1.64. The highest BCUT2D eigenvalue weighted by molar-refractivity contribution is 9.10. The van der Waals surface area contributed by atoms with Crippen LogP contribution in [0.2, 0.25) is 0 Å². The van der Waals surface area contributed by atoms with E-state index in [4.69, 9.17) is 13.9 Å². The first-order valence-corrected chi connectivity index (χ1v) is 14.1. The number of aromatic nitrogens is 1. The summed E-state index contributed by atoms with van der Waals surface area (Å²) in [6, 6.07) is 9.56. The normalized spacial score (nSPS) is 22.7. The molecular formula is C29H29BrN4O7. The van der Waals surface area contributed by atoms with Crippen molar-refractivity contribution < 1.29 is 33.4 Å². The second-order valence-electron chi connectivity index (χ2n) is 10.7. The molecular weight excluding hydrogens is 596 g/mol. The van der Waals surface area contributed by atoms with Gasteiger partial charge in [0.1, 0.15) is 17.2 Å². The number of oxazole rings is 1. The summed E-state index contributed by atoms with van der Waals surface area (Å²) in [7, 11) is 1.17. The molecule has 6 rings (SSSR count). The number of fused-ring (bicyclic) bond motifs is 4. The Hall–Kier alpha value is -3.90. The van der Waals surface area contributed by atoms with Crippen molar-refractivity contribution in [3.63, 3.8) is 0 Å². The molecule has 1 aromatic heterocycles. The molecule has 0 aliphatic carbocycles. The molecule has 3 aromatic rings. The summed E-state index contributed by atoms with van der Waals surface area (Å²) in [5.74, 6) is -0.922. The monoisotopic (exact) mass is 624 g/mol. The van der Waals surface area contributed by atoms with E-state index in [1.54, 1.807) is 0 Å². The summed E-state index contributed by atoms with van der Waals surface area (Å²) in [6.07, 6.45) is 0.0522. The molecule has 11 nitrogen and oxygen atoms in total. The lowest BCUT2D eigenvalue weighted by Gasteiger charge is -2.28. The second kappa shape index (κ2) is 10.2. The number of rotatable bonds is 5. The highest BCUT2D eigenvalue weighted by Gasteiger charge is 2.61. The Labute approximate surface area is 244 Å². The zero-order chi connectivity index (χ0) is 29.1. The maximum atomic E-state index is 13.9. The highest BCUT2D eigenvalue weighted by Crippen LogP contribution is 2.59. The van der Waals surface area contributed by atoms with Crippen LogP contribution in [0.5, 0.6) is 5.75 Å². The number of benzene rings is 2. The molecule has 2 aromatic carbocycles. The summed E-state index contributed by atoms with van der Waals surface area (Å²) in [5.41, 5.74) is 2.02. The SMILES string of the molecule is COC(=O)C(CO)NC(=O)c1nc2oc1C13c4cc(ccc4OC1Nc1c(Br)cccc13)CCC(=O)NC2C(C)C. The van der Waals surface area contributed by atoms with Crippen LogP contribution < -0.4 is 20.7 Å². The fourth-order valence-corrected chi connectivity index (χ4v) is 6.35. The summed E-state index contributed by atoms with van der Waals surface area (Å²) in [6.45, 7) is 3.16. The van der Waals surface area contributed by atoms with Gasteiger partial charge in [0.25, 0.3) is 5.91 Å². The van der Waals surface area contributed by atoms with Crippen LogP contribution in [-0.2, 0) is 26.2 Å².